The van der Waals surface area contributed by atoms with Gasteiger partial charge in [0.15, 0.2) is 5.12 Å². The molecule has 6 heteroatoms. The van der Waals surface area contributed by atoms with Crippen molar-refractivity contribution in [2.45, 2.75) is 6.92 Å². The topological polar surface area (TPSA) is 60.2 Å². The second-order valence-corrected chi connectivity index (χ2v) is 4.16. The molecule has 0 bridgehead atoms. The fourth-order valence-corrected chi connectivity index (χ4v) is 1.36. The maximum atomic E-state index is 13.2. The van der Waals surface area contributed by atoms with E-state index in [1.165, 1.54) is 13.0 Å². The van der Waals surface area contributed by atoms with Crippen LogP contribution in [0.15, 0.2) is 18.2 Å². The normalized spacial score (nSPS) is 9.29. The van der Waals surface area contributed by atoms with Gasteiger partial charge in [-0.1, -0.05) is 23.6 Å². The number of nitro benzene ring substituents is 1. The molecule has 17 heavy (non-hydrogen) atoms. The number of hydrogen-bond acceptors (Lipinski definition) is 4. The quantitative estimate of drug-likeness (QED) is 0.461. The molecular formula is C11H8FNO3S. The molecule has 0 N–H and O–H groups in total. The van der Waals surface area contributed by atoms with Crippen molar-refractivity contribution in [3.8, 4) is 11.8 Å². The molecule has 0 atom stereocenters. The summed E-state index contributed by atoms with van der Waals surface area (Å²) in [5.41, 5.74) is -0.231. The summed E-state index contributed by atoms with van der Waals surface area (Å²) >= 11 is 1.05. The van der Waals surface area contributed by atoms with E-state index in [9.17, 15) is 19.3 Å². The van der Waals surface area contributed by atoms with Crippen molar-refractivity contribution in [2.75, 3.05) is 5.75 Å². The highest BCUT2D eigenvalue weighted by atomic mass is 32.2. The molecular weight excluding hydrogens is 245 g/mol. The maximum Gasteiger partial charge on any atom is 0.304 e. The number of rotatable bonds is 2. The number of halogens is 1. The second-order valence-electron chi connectivity index (χ2n) is 3.01. The third-order valence-electron chi connectivity index (χ3n) is 1.72. The molecule has 0 unspecified atom stereocenters. The molecule has 4 nitrogen and oxygen atoms in total. The lowest BCUT2D eigenvalue weighted by molar-refractivity contribution is -0.387. The van der Waals surface area contributed by atoms with Crippen LogP contribution in [0.4, 0.5) is 10.1 Å². The molecule has 0 radical (unpaired) electrons. The van der Waals surface area contributed by atoms with Gasteiger partial charge in [0, 0.05) is 18.6 Å². The molecule has 0 heterocycles. The summed E-state index contributed by atoms with van der Waals surface area (Å²) in [6.07, 6.45) is 0. The molecule has 1 rings (SSSR count). The van der Waals surface area contributed by atoms with Gasteiger partial charge >= 0.3 is 5.69 Å². The van der Waals surface area contributed by atoms with Crippen molar-refractivity contribution in [2.24, 2.45) is 0 Å². The van der Waals surface area contributed by atoms with Crippen LogP contribution in [0.3, 0.4) is 0 Å². The zero-order chi connectivity index (χ0) is 12.8. The van der Waals surface area contributed by atoms with Gasteiger partial charge < -0.3 is 0 Å². The average Bonchev–Trinajstić information content (AvgIpc) is 2.23. The average molecular weight is 253 g/mol. The van der Waals surface area contributed by atoms with E-state index in [0.717, 1.165) is 23.9 Å². The zero-order valence-electron chi connectivity index (χ0n) is 8.90. The fraction of sp³-hybridized carbons (Fsp3) is 0.182. The molecule has 0 saturated heterocycles. The number of hydrogen-bond donors (Lipinski definition) is 0. The first-order chi connectivity index (χ1) is 8.00. The van der Waals surface area contributed by atoms with Crippen molar-refractivity contribution in [3.63, 3.8) is 0 Å². The standard InChI is InChI=1S/C11H8FNO3S/c1-8(14)17-6-2-3-9-4-5-11(13(15)16)10(12)7-9/h4-5,7H,6H2,1H3. The maximum absolute atomic E-state index is 13.2. The van der Waals surface area contributed by atoms with E-state index in [1.807, 2.05) is 0 Å². The smallest absolute Gasteiger partial charge is 0.288 e. The highest BCUT2D eigenvalue weighted by Gasteiger charge is 2.12. The van der Waals surface area contributed by atoms with Crippen molar-refractivity contribution < 1.29 is 14.1 Å². The summed E-state index contributed by atoms with van der Waals surface area (Å²) < 4.78 is 13.2. The summed E-state index contributed by atoms with van der Waals surface area (Å²) in [4.78, 5) is 20.2. The molecule has 0 fully saturated rings. The number of benzene rings is 1. The van der Waals surface area contributed by atoms with Crippen molar-refractivity contribution in [1.82, 2.24) is 0 Å². The van der Waals surface area contributed by atoms with Crippen molar-refractivity contribution >= 4 is 22.6 Å². The van der Waals surface area contributed by atoms with Gasteiger partial charge in [-0.2, -0.15) is 4.39 Å². The Morgan fingerprint density at radius 3 is 2.82 bits per heavy atom. The molecule has 1 aromatic carbocycles. The number of carbonyl (C=O) groups excluding carboxylic acids is 1. The third-order valence-corrected chi connectivity index (χ3v) is 2.42. The van der Waals surface area contributed by atoms with E-state index in [2.05, 4.69) is 11.8 Å². The summed E-state index contributed by atoms with van der Waals surface area (Å²) in [5, 5.41) is 10.3. The van der Waals surface area contributed by atoms with Crippen LogP contribution in [0.1, 0.15) is 12.5 Å². The summed E-state index contributed by atoms with van der Waals surface area (Å²) in [6, 6.07) is 3.44. The number of thioether (sulfide) groups is 1. The Morgan fingerprint density at radius 1 is 1.59 bits per heavy atom. The van der Waals surface area contributed by atoms with Gasteiger partial charge in [-0.15, -0.1) is 0 Å². The molecule has 88 valence electrons. The van der Waals surface area contributed by atoms with E-state index in [4.69, 9.17) is 0 Å². The van der Waals surface area contributed by atoms with Crippen molar-refractivity contribution in [3.05, 3.63) is 39.7 Å². The predicted octanol–water partition coefficient (Wildman–Crippen LogP) is 2.37. The van der Waals surface area contributed by atoms with E-state index in [-0.39, 0.29) is 5.12 Å². The van der Waals surface area contributed by atoms with E-state index < -0.39 is 16.4 Å². The molecule has 0 aromatic heterocycles. The zero-order valence-corrected chi connectivity index (χ0v) is 9.71. The largest absolute Gasteiger partial charge is 0.304 e. The first-order valence-corrected chi connectivity index (χ1v) is 5.55. The number of nitrogens with zero attached hydrogens (tertiary/aromatic N) is 1. The fourth-order valence-electron chi connectivity index (χ4n) is 1.01. The molecule has 0 aliphatic carbocycles. The van der Waals surface area contributed by atoms with E-state index >= 15 is 0 Å². The van der Waals surface area contributed by atoms with E-state index in [1.54, 1.807) is 0 Å². The highest BCUT2D eigenvalue weighted by molar-refractivity contribution is 8.13. The van der Waals surface area contributed by atoms with Crippen LogP contribution in [0.2, 0.25) is 0 Å². The monoisotopic (exact) mass is 253 g/mol. The molecule has 0 spiro atoms. The van der Waals surface area contributed by atoms with Gasteiger partial charge in [-0.25, -0.2) is 0 Å². The lowest BCUT2D eigenvalue weighted by Gasteiger charge is -1.94. The predicted molar refractivity (Wildman–Crippen MR) is 63.1 cm³/mol. The Balaban J connectivity index is 2.77. The lowest BCUT2D eigenvalue weighted by Crippen LogP contribution is -1.92. The Hall–Kier alpha value is -1.87. The van der Waals surface area contributed by atoms with E-state index in [0.29, 0.717) is 11.3 Å². The molecule has 0 aliphatic heterocycles. The van der Waals surface area contributed by atoms with Crippen LogP contribution in [-0.2, 0) is 4.79 Å². The summed E-state index contributed by atoms with van der Waals surface area (Å²) in [5.74, 6) is 4.68. The van der Waals surface area contributed by atoms with Gasteiger partial charge in [-0.05, 0) is 12.1 Å². The minimum Gasteiger partial charge on any atom is -0.288 e. The molecule has 0 amide bonds. The lowest BCUT2D eigenvalue weighted by atomic mass is 10.2. The van der Waals surface area contributed by atoms with Crippen molar-refractivity contribution in [1.29, 1.82) is 0 Å². The first kappa shape index (κ1) is 13.2. The third kappa shape index (κ3) is 4.25. The van der Waals surface area contributed by atoms with Gasteiger partial charge in [0.25, 0.3) is 0 Å². The summed E-state index contributed by atoms with van der Waals surface area (Å²) in [7, 11) is 0. The van der Waals surface area contributed by atoms with Crippen LogP contribution < -0.4 is 0 Å². The highest BCUT2D eigenvalue weighted by Crippen LogP contribution is 2.17. The van der Waals surface area contributed by atoms with Crippen LogP contribution in [-0.4, -0.2) is 15.8 Å². The Kier molecular flexibility index (Phi) is 4.67. The van der Waals surface area contributed by atoms with Crippen LogP contribution in [0, 0.1) is 27.8 Å². The van der Waals surface area contributed by atoms with Crippen LogP contribution >= 0.6 is 11.8 Å². The number of nitro groups is 1. The summed E-state index contributed by atoms with van der Waals surface area (Å²) in [6.45, 7) is 1.43. The molecule has 1 aromatic rings. The van der Waals surface area contributed by atoms with Gasteiger partial charge in [0.2, 0.25) is 5.82 Å². The minimum absolute atomic E-state index is 0.0471. The van der Waals surface area contributed by atoms with Gasteiger partial charge in [0.05, 0.1) is 10.7 Å². The second kappa shape index (κ2) is 6.01. The molecule has 0 saturated carbocycles. The Bertz CT molecular complexity index is 519. The molecule has 0 aliphatic rings. The van der Waals surface area contributed by atoms with Gasteiger partial charge in [0.1, 0.15) is 0 Å². The Labute approximate surface area is 101 Å². The van der Waals surface area contributed by atoms with Crippen LogP contribution in [0.5, 0.6) is 0 Å². The van der Waals surface area contributed by atoms with Crippen LogP contribution in [0.25, 0.3) is 0 Å². The minimum atomic E-state index is -0.916. The Morgan fingerprint density at radius 2 is 2.29 bits per heavy atom. The SMILES string of the molecule is CC(=O)SCC#Cc1ccc([N+](=O)[O-])c(F)c1. The number of carbonyl (C=O) groups is 1. The first-order valence-electron chi connectivity index (χ1n) is 4.57. The van der Waals surface area contributed by atoms with Gasteiger partial charge in [-0.3, -0.25) is 14.9 Å².